The summed E-state index contributed by atoms with van der Waals surface area (Å²) in [7, 11) is 1.65. The fraction of sp³-hybridized carbons (Fsp3) is 0.214. The van der Waals surface area contributed by atoms with Gasteiger partial charge in [-0.3, -0.25) is 0 Å². The summed E-state index contributed by atoms with van der Waals surface area (Å²) in [5.41, 5.74) is 2.98. The maximum Gasteiger partial charge on any atom is 0.118 e. The van der Waals surface area contributed by atoms with Crippen molar-refractivity contribution in [3.8, 4) is 11.8 Å². The molecule has 0 heterocycles. The first kappa shape index (κ1) is 10.5. The summed E-state index contributed by atoms with van der Waals surface area (Å²) < 4.78 is 5.11. The van der Waals surface area contributed by atoms with Gasteiger partial charge in [-0.15, -0.1) is 0 Å². The van der Waals surface area contributed by atoms with Crippen LogP contribution in [0.4, 0.5) is 0 Å². The normalized spacial score (nSPS) is 14.8. The molecular weight excluding hydrogens is 198 g/mol. The van der Waals surface area contributed by atoms with Gasteiger partial charge in [-0.05, 0) is 36.1 Å². The van der Waals surface area contributed by atoms with Gasteiger partial charge < -0.3 is 4.74 Å². The fourth-order valence-corrected chi connectivity index (χ4v) is 1.82. The zero-order valence-corrected chi connectivity index (χ0v) is 9.23. The van der Waals surface area contributed by atoms with Gasteiger partial charge in [0.05, 0.1) is 13.2 Å². The first-order chi connectivity index (χ1) is 7.85. The number of rotatable bonds is 2. The number of hydrogen-bond acceptors (Lipinski definition) is 2. The highest BCUT2D eigenvalue weighted by Crippen LogP contribution is 2.28. The smallest absolute Gasteiger partial charge is 0.118 e. The monoisotopic (exact) mass is 211 g/mol. The fourth-order valence-electron chi connectivity index (χ4n) is 1.82. The van der Waals surface area contributed by atoms with E-state index in [1.165, 1.54) is 0 Å². The van der Waals surface area contributed by atoms with Crippen LogP contribution in [0.15, 0.2) is 42.0 Å². The van der Waals surface area contributed by atoms with Gasteiger partial charge >= 0.3 is 0 Å². The molecule has 0 amide bonds. The maximum absolute atomic E-state index is 9.06. The van der Waals surface area contributed by atoms with Crippen molar-refractivity contribution in [2.24, 2.45) is 0 Å². The third-order valence-corrected chi connectivity index (χ3v) is 2.71. The SMILES string of the molecule is COc1ccc(C2=C(C#N)CCC=C2)cc1. The van der Waals surface area contributed by atoms with Crippen molar-refractivity contribution in [1.29, 1.82) is 5.26 Å². The Hall–Kier alpha value is -2.01. The largest absolute Gasteiger partial charge is 0.497 e. The Balaban J connectivity index is 2.39. The molecule has 0 fully saturated rings. The van der Waals surface area contributed by atoms with Crippen molar-refractivity contribution >= 4 is 5.57 Å². The molecule has 2 nitrogen and oxygen atoms in total. The van der Waals surface area contributed by atoms with Crippen LogP contribution in [0, 0.1) is 11.3 Å². The van der Waals surface area contributed by atoms with E-state index in [2.05, 4.69) is 12.1 Å². The highest BCUT2D eigenvalue weighted by atomic mass is 16.5. The first-order valence-electron chi connectivity index (χ1n) is 5.29. The van der Waals surface area contributed by atoms with Gasteiger partial charge in [0, 0.05) is 5.57 Å². The number of nitrogens with zero attached hydrogens (tertiary/aromatic N) is 1. The summed E-state index contributed by atoms with van der Waals surface area (Å²) in [6.45, 7) is 0. The minimum absolute atomic E-state index is 0.836. The lowest BCUT2D eigenvalue weighted by molar-refractivity contribution is 0.415. The van der Waals surface area contributed by atoms with Crippen molar-refractivity contribution in [2.75, 3.05) is 7.11 Å². The Morgan fingerprint density at radius 1 is 1.25 bits per heavy atom. The second-order valence-electron chi connectivity index (χ2n) is 3.67. The number of hydrogen-bond donors (Lipinski definition) is 0. The van der Waals surface area contributed by atoms with Crippen molar-refractivity contribution in [1.82, 2.24) is 0 Å². The molecule has 1 aliphatic rings. The summed E-state index contributed by atoms with van der Waals surface area (Å²) >= 11 is 0. The molecule has 1 aliphatic carbocycles. The minimum Gasteiger partial charge on any atom is -0.497 e. The second-order valence-corrected chi connectivity index (χ2v) is 3.67. The van der Waals surface area contributed by atoms with Gasteiger partial charge in [-0.2, -0.15) is 5.26 Å². The molecule has 0 radical (unpaired) electrons. The summed E-state index contributed by atoms with van der Waals surface area (Å²) in [5.74, 6) is 0.836. The zero-order chi connectivity index (χ0) is 11.4. The predicted molar refractivity (Wildman–Crippen MR) is 63.9 cm³/mol. The van der Waals surface area contributed by atoms with E-state index in [0.717, 1.165) is 35.3 Å². The van der Waals surface area contributed by atoms with Gasteiger partial charge in [-0.25, -0.2) is 0 Å². The van der Waals surface area contributed by atoms with Crippen LogP contribution in [-0.2, 0) is 0 Å². The Labute approximate surface area is 95.5 Å². The summed E-state index contributed by atoms with van der Waals surface area (Å²) in [6.07, 6.45) is 5.95. The summed E-state index contributed by atoms with van der Waals surface area (Å²) in [6, 6.07) is 10.1. The van der Waals surface area contributed by atoms with Crippen molar-refractivity contribution in [2.45, 2.75) is 12.8 Å². The molecule has 16 heavy (non-hydrogen) atoms. The lowest BCUT2D eigenvalue weighted by atomic mass is 9.93. The van der Waals surface area contributed by atoms with Crippen LogP contribution in [0.1, 0.15) is 18.4 Å². The third-order valence-electron chi connectivity index (χ3n) is 2.71. The van der Waals surface area contributed by atoms with Crippen LogP contribution in [0.2, 0.25) is 0 Å². The molecule has 0 spiro atoms. The molecule has 2 rings (SSSR count). The van der Waals surface area contributed by atoms with Crippen LogP contribution in [0.25, 0.3) is 5.57 Å². The lowest BCUT2D eigenvalue weighted by Crippen LogP contribution is -1.93. The van der Waals surface area contributed by atoms with E-state index in [1.807, 2.05) is 30.3 Å². The second kappa shape index (κ2) is 4.67. The highest BCUT2D eigenvalue weighted by Gasteiger charge is 2.09. The van der Waals surface area contributed by atoms with E-state index in [4.69, 9.17) is 10.00 Å². The Morgan fingerprint density at radius 2 is 2.00 bits per heavy atom. The Bertz CT molecular complexity index is 474. The number of ether oxygens (including phenoxy) is 1. The number of benzene rings is 1. The van der Waals surface area contributed by atoms with Crippen molar-refractivity contribution in [3.05, 3.63) is 47.6 Å². The lowest BCUT2D eigenvalue weighted by Gasteiger charge is -2.11. The molecular formula is C14H13NO. The zero-order valence-electron chi connectivity index (χ0n) is 9.23. The maximum atomic E-state index is 9.06. The van der Waals surface area contributed by atoms with Gasteiger partial charge in [0.2, 0.25) is 0 Å². The molecule has 0 saturated carbocycles. The molecule has 1 aromatic rings. The molecule has 80 valence electrons. The van der Waals surface area contributed by atoms with E-state index in [1.54, 1.807) is 7.11 Å². The van der Waals surface area contributed by atoms with E-state index in [-0.39, 0.29) is 0 Å². The van der Waals surface area contributed by atoms with Crippen LogP contribution in [-0.4, -0.2) is 7.11 Å². The molecule has 0 N–H and O–H groups in total. The molecule has 0 aromatic heterocycles. The average Bonchev–Trinajstić information content (AvgIpc) is 2.39. The molecule has 1 aromatic carbocycles. The molecule has 0 unspecified atom stereocenters. The molecule has 0 aliphatic heterocycles. The third kappa shape index (κ3) is 1.99. The standard InChI is InChI=1S/C14H13NO/c1-16-13-8-6-11(7-9-13)14-5-3-2-4-12(14)10-15/h3,5-9H,2,4H2,1H3. The predicted octanol–water partition coefficient (Wildman–Crippen LogP) is 3.32. The first-order valence-corrected chi connectivity index (χ1v) is 5.29. The molecule has 2 heteroatoms. The van der Waals surface area contributed by atoms with E-state index >= 15 is 0 Å². The van der Waals surface area contributed by atoms with Crippen LogP contribution in [0.3, 0.4) is 0 Å². The van der Waals surface area contributed by atoms with Crippen molar-refractivity contribution in [3.63, 3.8) is 0 Å². The molecule has 0 bridgehead atoms. The van der Waals surface area contributed by atoms with Gasteiger partial charge in [0.25, 0.3) is 0 Å². The number of allylic oxidation sites excluding steroid dienone is 4. The van der Waals surface area contributed by atoms with E-state index in [9.17, 15) is 0 Å². The van der Waals surface area contributed by atoms with Crippen molar-refractivity contribution < 1.29 is 4.74 Å². The highest BCUT2D eigenvalue weighted by molar-refractivity contribution is 5.80. The number of nitriles is 1. The summed E-state index contributed by atoms with van der Waals surface area (Å²) in [5, 5.41) is 9.06. The van der Waals surface area contributed by atoms with Crippen LogP contribution in [0.5, 0.6) is 5.75 Å². The van der Waals surface area contributed by atoms with Crippen LogP contribution >= 0.6 is 0 Å². The van der Waals surface area contributed by atoms with E-state index < -0.39 is 0 Å². The number of methoxy groups -OCH3 is 1. The Morgan fingerprint density at radius 3 is 2.62 bits per heavy atom. The minimum atomic E-state index is 0.836. The van der Waals surface area contributed by atoms with E-state index in [0.29, 0.717) is 0 Å². The summed E-state index contributed by atoms with van der Waals surface area (Å²) in [4.78, 5) is 0. The molecule has 0 saturated heterocycles. The van der Waals surface area contributed by atoms with Gasteiger partial charge in [-0.1, -0.05) is 24.3 Å². The van der Waals surface area contributed by atoms with Gasteiger partial charge in [0.15, 0.2) is 0 Å². The topological polar surface area (TPSA) is 33.0 Å². The average molecular weight is 211 g/mol. The van der Waals surface area contributed by atoms with Crippen LogP contribution < -0.4 is 4.74 Å². The Kier molecular flexibility index (Phi) is 3.07. The quantitative estimate of drug-likeness (QED) is 0.751. The molecule has 0 atom stereocenters. The van der Waals surface area contributed by atoms with Gasteiger partial charge in [0.1, 0.15) is 5.75 Å².